The Kier molecular flexibility index (Phi) is 4.85. The van der Waals surface area contributed by atoms with Gasteiger partial charge in [-0.05, 0) is 18.1 Å². The van der Waals surface area contributed by atoms with Gasteiger partial charge in [-0.1, -0.05) is 28.1 Å². The van der Waals surface area contributed by atoms with E-state index in [1.165, 1.54) is 12.1 Å². The number of alkyl halides is 1. The molecule has 0 aromatic heterocycles. The molecule has 0 aliphatic heterocycles. The summed E-state index contributed by atoms with van der Waals surface area (Å²) in [5, 5.41) is 11.3. The summed E-state index contributed by atoms with van der Waals surface area (Å²) < 4.78 is 0. The molecule has 1 aromatic rings. The van der Waals surface area contributed by atoms with Crippen LogP contribution in [0.4, 0.5) is 5.69 Å². The molecule has 0 unspecified atom stereocenters. The molecule has 0 atom stereocenters. The summed E-state index contributed by atoms with van der Waals surface area (Å²) in [6, 6.07) is 4.24. The maximum absolute atomic E-state index is 10.8. The maximum atomic E-state index is 10.8. The normalized spacial score (nSPS) is 10.6. The van der Waals surface area contributed by atoms with E-state index in [2.05, 4.69) is 15.9 Å². The summed E-state index contributed by atoms with van der Waals surface area (Å²) >= 11 is 3.28. The van der Waals surface area contributed by atoms with Crippen LogP contribution in [-0.2, 0) is 0 Å². The number of halogens is 1. The Bertz CT molecular complexity index is 429. The van der Waals surface area contributed by atoms with Crippen molar-refractivity contribution in [1.29, 1.82) is 0 Å². The summed E-state index contributed by atoms with van der Waals surface area (Å²) in [4.78, 5) is 20.8. The zero-order valence-corrected chi connectivity index (χ0v) is 10.0. The number of hydrogen-bond donors (Lipinski definition) is 0. The maximum Gasteiger partial charge on any atom is 0.270 e. The number of hydrogen-bond acceptors (Lipinski definition) is 3. The molecule has 1 rings (SSSR count). The van der Waals surface area contributed by atoms with Crippen molar-refractivity contribution in [3.05, 3.63) is 45.5 Å². The fourth-order valence-corrected chi connectivity index (χ4v) is 1.47. The molecule has 0 fully saturated rings. The zero-order chi connectivity index (χ0) is 12.0. The van der Waals surface area contributed by atoms with Crippen molar-refractivity contribution in [2.75, 3.05) is 5.33 Å². The van der Waals surface area contributed by atoms with Crippen molar-refractivity contribution in [2.45, 2.75) is 6.42 Å². The van der Waals surface area contributed by atoms with E-state index in [1.54, 1.807) is 12.1 Å². The summed E-state index contributed by atoms with van der Waals surface area (Å²) in [7, 11) is 0. The van der Waals surface area contributed by atoms with Gasteiger partial charge in [-0.15, -0.1) is 0 Å². The highest BCUT2D eigenvalue weighted by Gasteiger charge is 2.08. The van der Waals surface area contributed by atoms with Gasteiger partial charge in [-0.3, -0.25) is 14.9 Å². The Morgan fingerprint density at radius 2 is 2.12 bits per heavy atom. The van der Waals surface area contributed by atoms with Crippen LogP contribution in [0.3, 0.4) is 0 Å². The molecule has 0 radical (unpaired) electrons. The van der Waals surface area contributed by atoms with Gasteiger partial charge < -0.3 is 0 Å². The topological polar surface area (TPSA) is 60.2 Å². The van der Waals surface area contributed by atoms with Crippen LogP contribution in [0.15, 0.2) is 24.3 Å². The molecule has 0 N–H and O–H groups in total. The molecule has 0 saturated carbocycles. The molecular weight excluding hydrogens is 274 g/mol. The highest BCUT2D eigenvalue weighted by atomic mass is 79.9. The Balaban J connectivity index is 3.02. The highest BCUT2D eigenvalue weighted by molar-refractivity contribution is 9.09. The molecule has 1 aromatic carbocycles. The monoisotopic (exact) mass is 283 g/mol. The van der Waals surface area contributed by atoms with Crippen LogP contribution in [0.25, 0.3) is 6.08 Å². The summed E-state index contributed by atoms with van der Waals surface area (Å²) in [6.07, 6.45) is 5.16. The molecule has 0 heterocycles. The smallest absolute Gasteiger partial charge is 0.270 e. The number of benzene rings is 1. The summed E-state index contributed by atoms with van der Waals surface area (Å²) in [5.41, 5.74) is 0.960. The molecule has 0 aliphatic carbocycles. The quantitative estimate of drug-likeness (QED) is 0.361. The minimum absolute atomic E-state index is 0.0697. The summed E-state index contributed by atoms with van der Waals surface area (Å²) in [6.45, 7) is 0. The lowest BCUT2D eigenvalue weighted by Crippen LogP contribution is -1.92. The highest BCUT2D eigenvalue weighted by Crippen LogP contribution is 2.17. The lowest BCUT2D eigenvalue weighted by molar-refractivity contribution is -0.384. The molecule has 16 heavy (non-hydrogen) atoms. The van der Waals surface area contributed by atoms with Crippen molar-refractivity contribution >= 4 is 34.0 Å². The number of carbonyl (C=O) groups is 1. The zero-order valence-electron chi connectivity index (χ0n) is 8.43. The predicted molar refractivity (Wildman–Crippen MR) is 65.9 cm³/mol. The van der Waals surface area contributed by atoms with Gasteiger partial charge in [0.05, 0.1) is 4.92 Å². The van der Waals surface area contributed by atoms with Crippen LogP contribution in [0, 0.1) is 10.1 Å². The van der Waals surface area contributed by atoms with Crippen LogP contribution >= 0.6 is 15.9 Å². The van der Waals surface area contributed by atoms with Crippen molar-refractivity contribution < 1.29 is 9.72 Å². The lowest BCUT2D eigenvalue weighted by atomic mass is 10.1. The standard InChI is InChI=1S/C11H10BrNO3/c12-6-2-1-3-9-4-5-11(13(15)16)7-10(9)8-14/h1,3-5,7-8H,2,6H2. The van der Waals surface area contributed by atoms with E-state index < -0.39 is 4.92 Å². The average molecular weight is 284 g/mol. The third-order valence-electron chi connectivity index (χ3n) is 1.98. The Morgan fingerprint density at radius 1 is 1.38 bits per heavy atom. The third kappa shape index (κ3) is 3.27. The van der Waals surface area contributed by atoms with Gasteiger partial charge in [0.1, 0.15) is 0 Å². The Morgan fingerprint density at radius 3 is 2.69 bits per heavy atom. The SMILES string of the molecule is O=Cc1cc([N+](=O)[O-])ccc1C=CCCBr. The minimum Gasteiger partial charge on any atom is -0.298 e. The number of nitro groups is 1. The number of nitro benzene ring substituents is 1. The molecule has 4 nitrogen and oxygen atoms in total. The van der Waals surface area contributed by atoms with Crippen LogP contribution < -0.4 is 0 Å². The fraction of sp³-hybridized carbons (Fsp3) is 0.182. The van der Waals surface area contributed by atoms with Crippen LogP contribution in [0.2, 0.25) is 0 Å². The molecule has 5 heteroatoms. The number of allylic oxidation sites excluding steroid dienone is 1. The van der Waals surface area contributed by atoms with Gasteiger partial charge in [-0.2, -0.15) is 0 Å². The van der Waals surface area contributed by atoms with E-state index in [0.29, 0.717) is 17.4 Å². The van der Waals surface area contributed by atoms with Gasteiger partial charge in [0, 0.05) is 23.0 Å². The van der Waals surface area contributed by atoms with E-state index in [9.17, 15) is 14.9 Å². The first-order valence-electron chi connectivity index (χ1n) is 4.65. The summed E-state index contributed by atoms with van der Waals surface area (Å²) in [5.74, 6) is 0. The van der Waals surface area contributed by atoms with Crippen molar-refractivity contribution in [3.63, 3.8) is 0 Å². The van der Waals surface area contributed by atoms with Crippen LogP contribution in [-0.4, -0.2) is 16.5 Å². The van der Waals surface area contributed by atoms with E-state index in [4.69, 9.17) is 0 Å². The molecule has 0 spiro atoms. The van der Waals surface area contributed by atoms with Crippen LogP contribution in [0.5, 0.6) is 0 Å². The Hall–Kier alpha value is -1.49. The van der Waals surface area contributed by atoms with Gasteiger partial charge in [0.25, 0.3) is 5.69 Å². The first kappa shape index (κ1) is 12.6. The van der Waals surface area contributed by atoms with E-state index in [-0.39, 0.29) is 5.69 Å². The predicted octanol–water partition coefficient (Wildman–Crippen LogP) is 3.21. The number of rotatable bonds is 5. The molecular formula is C11H10BrNO3. The minimum atomic E-state index is -0.515. The molecule has 0 saturated heterocycles. The van der Waals surface area contributed by atoms with E-state index in [1.807, 2.05) is 6.08 Å². The van der Waals surface area contributed by atoms with E-state index >= 15 is 0 Å². The average Bonchev–Trinajstić information content (AvgIpc) is 2.29. The number of aldehydes is 1. The van der Waals surface area contributed by atoms with Crippen molar-refractivity contribution in [2.24, 2.45) is 0 Å². The number of carbonyl (C=O) groups excluding carboxylic acids is 1. The fourth-order valence-electron chi connectivity index (χ4n) is 1.20. The van der Waals surface area contributed by atoms with Gasteiger partial charge in [-0.25, -0.2) is 0 Å². The molecule has 0 bridgehead atoms. The largest absolute Gasteiger partial charge is 0.298 e. The van der Waals surface area contributed by atoms with Crippen LogP contribution in [0.1, 0.15) is 22.3 Å². The van der Waals surface area contributed by atoms with Gasteiger partial charge in [0.15, 0.2) is 6.29 Å². The van der Waals surface area contributed by atoms with Crippen molar-refractivity contribution in [3.8, 4) is 0 Å². The van der Waals surface area contributed by atoms with Crippen molar-refractivity contribution in [1.82, 2.24) is 0 Å². The lowest BCUT2D eigenvalue weighted by Gasteiger charge is -1.98. The van der Waals surface area contributed by atoms with E-state index in [0.717, 1.165) is 11.8 Å². The molecule has 84 valence electrons. The number of non-ortho nitro benzene ring substituents is 1. The van der Waals surface area contributed by atoms with Gasteiger partial charge >= 0.3 is 0 Å². The Labute approximate surface area is 101 Å². The second kappa shape index (κ2) is 6.17. The van der Waals surface area contributed by atoms with Gasteiger partial charge in [0.2, 0.25) is 0 Å². The second-order valence-corrected chi connectivity index (χ2v) is 3.86. The number of nitrogens with zero attached hydrogens (tertiary/aromatic N) is 1. The first-order valence-corrected chi connectivity index (χ1v) is 5.77. The first-order chi connectivity index (χ1) is 7.69. The second-order valence-electron chi connectivity index (χ2n) is 3.07. The molecule has 0 aliphatic rings. The molecule has 0 amide bonds. The third-order valence-corrected chi connectivity index (χ3v) is 2.44.